The minimum absolute atomic E-state index is 0.885. The van der Waals surface area contributed by atoms with E-state index in [1.54, 1.807) is 0 Å². The van der Waals surface area contributed by atoms with Crippen molar-refractivity contribution >= 4 is 65.3 Å². The highest BCUT2D eigenvalue weighted by molar-refractivity contribution is 6.31. The fourth-order valence-electron chi connectivity index (χ4n) is 6.57. The molecule has 0 saturated carbocycles. The predicted octanol–water partition coefficient (Wildman–Crippen LogP) is 8.98. The van der Waals surface area contributed by atoms with Gasteiger partial charge in [0.05, 0.1) is 39.5 Å². The van der Waals surface area contributed by atoms with E-state index in [9.17, 15) is 0 Å². The van der Waals surface area contributed by atoms with Gasteiger partial charge in [0.25, 0.3) is 0 Å². The Hall–Kier alpha value is -5.48. The van der Waals surface area contributed by atoms with Gasteiger partial charge in [0.15, 0.2) is 0 Å². The van der Waals surface area contributed by atoms with Crippen LogP contribution in [0.5, 0.6) is 0 Å². The third kappa shape index (κ3) is 2.79. The lowest BCUT2D eigenvalue weighted by Gasteiger charge is -2.12. The Labute approximate surface area is 229 Å². The van der Waals surface area contributed by atoms with Gasteiger partial charge in [-0.2, -0.15) is 0 Å². The summed E-state index contributed by atoms with van der Waals surface area (Å²) in [5.41, 5.74) is 6.68. The fraction of sp³-hybridized carbons (Fsp3) is 0. The van der Waals surface area contributed by atoms with Crippen molar-refractivity contribution in [1.29, 1.82) is 0 Å². The van der Waals surface area contributed by atoms with E-state index in [1.807, 2.05) is 18.5 Å². The van der Waals surface area contributed by atoms with Gasteiger partial charge in [0, 0.05) is 38.5 Å². The molecule has 0 aliphatic carbocycles. The standard InChI is InChI=1S/C36H22N4/c1-2-13-27-26(12-1)34-28-14-5-8-18-32(28)40(36(34)29-15-9-21-37-35(27)29)33-20-19-23(22-38-33)39-30-16-6-3-10-24(30)25-11-4-7-17-31(25)39/h1-22H. The zero-order valence-electron chi connectivity index (χ0n) is 21.5. The molecule has 0 amide bonds. The van der Waals surface area contributed by atoms with Gasteiger partial charge in [-0.1, -0.05) is 78.9 Å². The average molecular weight is 511 g/mol. The fourth-order valence-corrected chi connectivity index (χ4v) is 6.57. The van der Waals surface area contributed by atoms with E-state index in [0.29, 0.717) is 0 Å². The maximum absolute atomic E-state index is 5.10. The van der Waals surface area contributed by atoms with Crippen LogP contribution in [0.15, 0.2) is 134 Å². The van der Waals surface area contributed by atoms with E-state index in [0.717, 1.165) is 33.4 Å². The highest BCUT2D eigenvalue weighted by atomic mass is 15.1. The topological polar surface area (TPSA) is 35.6 Å². The smallest absolute Gasteiger partial charge is 0.137 e. The Morgan fingerprint density at radius 1 is 0.425 bits per heavy atom. The van der Waals surface area contributed by atoms with Crippen molar-refractivity contribution in [2.24, 2.45) is 0 Å². The van der Waals surface area contributed by atoms with Crippen LogP contribution in [0.25, 0.3) is 76.8 Å². The second-order valence-electron chi connectivity index (χ2n) is 10.3. The molecule has 0 radical (unpaired) electrons. The molecule has 0 atom stereocenters. The molecule has 0 fully saturated rings. The van der Waals surface area contributed by atoms with Crippen LogP contribution in [0.4, 0.5) is 0 Å². The van der Waals surface area contributed by atoms with Gasteiger partial charge >= 0.3 is 0 Å². The summed E-state index contributed by atoms with van der Waals surface area (Å²) in [6.07, 6.45) is 3.88. The molecule has 4 nitrogen and oxygen atoms in total. The Kier molecular flexibility index (Phi) is 4.30. The first-order valence-electron chi connectivity index (χ1n) is 13.5. The first-order chi connectivity index (χ1) is 19.9. The first-order valence-corrected chi connectivity index (χ1v) is 13.5. The minimum Gasteiger partial charge on any atom is -0.308 e. The second-order valence-corrected chi connectivity index (χ2v) is 10.3. The Morgan fingerprint density at radius 3 is 1.68 bits per heavy atom. The van der Waals surface area contributed by atoms with E-state index in [-0.39, 0.29) is 0 Å². The van der Waals surface area contributed by atoms with Crippen LogP contribution in [0.2, 0.25) is 0 Å². The van der Waals surface area contributed by atoms with Crippen molar-refractivity contribution in [3.63, 3.8) is 0 Å². The number of rotatable bonds is 2. The molecule has 4 heterocycles. The molecule has 4 aromatic heterocycles. The quantitative estimate of drug-likeness (QED) is 0.218. The van der Waals surface area contributed by atoms with Gasteiger partial charge in [-0.15, -0.1) is 0 Å². The molecule has 40 heavy (non-hydrogen) atoms. The van der Waals surface area contributed by atoms with E-state index < -0.39 is 0 Å². The van der Waals surface area contributed by atoms with Gasteiger partial charge in [-0.25, -0.2) is 4.98 Å². The van der Waals surface area contributed by atoms with E-state index in [2.05, 4.69) is 124 Å². The largest absolute Gasteiger partial charge is 0.308 e. The summed E-state index contributed by atoms with van der Waals surface area (Å²) in [6.45, 7) is 0. The molecule has 0 saturated heterocycles. The maximum Gasteiger partial charge on any atom is 0.137 e. The van der Waals surface area contributed by atoms with Crippen LogP contribution in [0.1, 0.15) is 0 Å². The maximum atomic E-state index is 5.10. The lowest BCUT2D eigenvalue weighted by atomic mass is 10.00. The molecule has 0 unspecified atom stereocenters. The molecule has 5 aromatic carbocycles. The Balaban J connectivity index is 1.36. The molecule has 0 aliphatic heterocycles. The molecule has 0 spiro atoms. The monoisotopic (exact) mass is 510 g/mol. The molecular weight excluding hydrogens is 488 g/mol. The third-order valence-electron chi connectivity index (χ3n) is 8.19. The SMILES string of the molecule is c1ccc2c(c1)c1ncccc1c1c2c2ccccc2n1-c1ccc(-n2c3ccccc3c3ccccc32)cn1. The van der Waals surface area contributed by atoms with Gasteiger partial charge < -0.3 is 4.57 Å². The molecule has 186 valence electrons. The van der Waals surface area contributed by atoms with Crippen molar-refractivity contribution in [1.82, 2.24) is 19.1 Å². The number of benzene rings is 5. The lowest BCUT2D eigenvalue weighted by Crippen LogP contribution is -2.00. The zero-order valence-corrected chi connectivity index (χ0v) is 21.5. The zero-order chi connectivity index (χ0) is 26.2. The van der Waals surface area contributed by atoms with Crippen LogP contribution < -0.4 is 0 Å². The molecule has 0 N–H and O–H groups in total. The molecule has 0 aliphatic rings. The number of pyridine rings is 2. The van der Waals surface area contributed by atoms with Crippen LogP contribution in [0, 0.1) is 0 Å². The highest BCUT2D eigenvalue weighted by Gasteiger charge is 2.20. The molecular formula is C36H22N4. The second kappa shape index (κ2) is 8.01. The number of aromatic nitrogens is 4. The van der Waals surface area contributed by atoms with Crippen LogP contribution in [-0.2, 0) is 0 Å². The van der Waals surface area contributed by atoms with Crippen LogP contribution in [0.3, 0.4) is 0 Å². The van der Waals surface area contributed by atoms with E-state index in [4.69, 9.17) is 9.97 Å². The number of hydrogen-bond acceptors (Lipinski definition) is 2. The van der Waals surface area contributed by atoms with Crippen molar-refractivity contribution in [2.75, 3.05) is 0 Å². The van der Waals surface area contributed by atoms with Crippen LogP contribution in [-0.4, -0.2) is 19.1 Å². The summed E-state index contributed by atoms with van der Waals surface area (Å²) in [5, 5.41) is 8.45. The molecule has 0 bridgehead atoms. The third-order valence-corrected chi connectivity index (χ3v) is 8.19. The normalized spacial score (nSPS) is 12.0. The van der Waals surface area contributed by atoms with Crippen molar-refractivity contribution in [3.05, 3.63) is 134 Å². The number of para-hydroxylation sites is 3. The molecule has 9 aromatic rings. The summed E-state index contributed by atoms with van der Waals surface area (Å²) < 4.78 is 4.61. The number of nitrogens with zero attached hydrogens (tertiary/aromatic N) is 4. The summed E-state index contributed by atoms with van der Waals surface area (Å²) >= 11 is 0. The number of hydrogen-bond donors (Lipinski definition) is 0. The summed E-state index contributed by atoms with van der Waals surface area (Å²) in [4.78, 5) is 9.93. The van der Waals surface area contributed by atoms with Gasteiger partial charge in [-0.3, -0.25) is 9.55 Å². The average Bonchev–Trinajstić information content (AvgIpc) is 3.55. The summed E-state index contributed by atoms with van der Waals surface area (Å²) in [5.74, 6) is 0.885. The first kappa shape index (κ1) is 21.5. The van der Waals surface area contributed by atoms with Gasteiger partial charge in [0.1, 0.15) is 5.82 Å². The van der Waals surface area contributed by atoms with Crippen molar-refractivity contribution in [2.45, 2.75) is 0 Å². The number of fused-ring (bicyclic) bond motifs is 11. The van der Waals surface area contributed by atoms with E-state index >= 15 is 0 Å². The summed E-state index contributed by atoms with van der Waals surface area (Å²) in [6, 6.07) is 42.9. The highest BCUT2D eigenvalue weighted by Crippen LogP contribution is 2.41. The van der Waals surface area contributed by atoms with Crippen molar-refractivity contribution in [3.8, 4) is 11.5 Å². The van der Waals surface area contributed by atoms with Gasteiger partial charge in [-0.05, 0) is 47.9 Å². The van der Waals surface area contributed by atoms with E-state index in [1.165, 1.54) is 43.4 Å². The predicted molar refractivity (Wildman–Crippen MR) is 166 cm³/mol. The Morgan fingerprint density at radius 2 is 1.00 bits per heavy atom. The minimum atomic E-state index is 0.885. The Bertz CT molecular complexity index is 2370. The lowest BCUT2D eigenvalue weighted by molar-refractivity contribution is 1.06. The molecule has 9 rings (SSSR count). The van der Waals surface area contributed by atoms with Crippen molar-refractivity contribution < 1.29 is 0 Å². The summed E-state index contributed by atoms with van der Waals surface area (Å²) in [7, 11) is 0. The van der Waals surface area contributed by atoms with Gasteiger partial charge in [0.2, 0.25) is 0 Å². The van der Waals surface area contributed by atoms with Crippen LogP contribution >= 0.6 is 0 Å². The molecule has 4 heteroatoms.